The molecule has 1 aromatic carbocycles. The van der Waals surface area contributed by atoms with Gasteiger partial charge in [0.2, 0.25) is 5.91 Å². The summed E-state index contributed by atoms with van der Waals surface area (Å²) in [7, 11) is -4.12. The quantitative estimate of drug-likeness (QED) is 0.714. The number of sulfone groups is 1. The SMILES string of the molecule is C[C@H]1CO[C@@H](CC(C(=O)Nc2cnccn2)c2ccc(S(C)(=O)=O)c(C(F)(F)F)c2)C1. The summed E-state index contributed by atoms with van der Waals surface area (Å²) in [6, 6.07) is 2.87. The predicted molar refractivity (Wildman–Crippen MR) is 106 cm³/mol. The van der Waals surface area contributed by atoms with Crippen molar-refractivity contribution in [2.45, 2.75) is 42.9 Å². The fourth-order valence-electron chi connectivity index (χ4n) is 3.59. The first kappa shape index (κ1) is 23.1. The number of hydrogen-bond donors (Lipinski definition) is 1. The fraction of sp³-hybridized carbons (Fsp3) is 0.450. The van der Waals surface area contributed by atoms with Crippen LogP contribution in [0.3, 0.4) is 0 Å². The molecule has 1 saturated heterocycles. The highest BCUT2D eigenvalue weighted by Gasteiger charge is 2.38. The van der Waals surface area contributed by atoms with Crippen molar-refractivity contribution in [2.75, 3.05) is 18.2 Å². The zero-order chi connectivity index (χ0) is 22.8. The molecule has 0 spiro atoms. The number of benzene rings is 1. The molecule has 7 nitrogen and oxygen atoms in total. The molecule has 1 unspecified atom stereocenters. The van der Waals surface area contributed by atoms with Crippen LogP contribution in [-0.2, 0) is 25.5 Å². The van der Waals surface area contributed by atoms with Gasteiger partial charge in [-0.05, 0) is 36.5 Å². The minimum absolute atomic E-state index is 0.0456. The van der Waals surface area contributed by atoms with Crippen LogP contribution < -0.4 is 5.32 Å². The lowest BCUT2D eigenvalue weighted by Gasteiger charge is -2.22. The van der Waals surface area contributed by atoms with E-state index in [1.807, 2.05) is 6.92 Å². The maximum atomic E-state index is 13.6. The van der Waals surface area contributed by atoms with Crippen molar-refractivity contribution in [1.29, 1.82) is 0 Å². The number of alkyl halides is 3. The molecule has 11 heteroatoms. The van der Waals surface area contributed by atoms with Gasteiger partial charge in [0.25, 0.3) is 0 Å². The van der Waals surface area contributed by atoms with E-state index in [-0.39, 0.29) is 29.8 Å². The van der Waals surface area contributed by atoms with Gasteiger partial charge in [-0.15, -0.1) is 0 Å². The summed E-state index contributed by atoms with van der Waals surface area (Å²) in [6.07, 6.45) is 0.416. The summed E-state index contributed by atoms with van der Waals surface area (Å²) in [5, 5.41) is 2.56. The number of nitrogens with zero attached hydrogens (tertiary/aromatic N) is 2. The number of halogens is 3. The van der Waals surface area contributed by atoms with Crippen LogP contribution in [0.25, 0.3) is 0 Å². The van der Waals surface area contributed by atoms with E-state index in [2.05, 4.69) is 15.3 Å². The summed E-state index contributed by atoms with van der Waals surface area (Å²) in [5.41, 5.74) is -1.25. The third kappa shape index (κ3) is 5.79. The highest BCUT2D eigenvalue weighted by Crippen LogP contribution is 2.38. The maximum absolute atomic E-state index is 13.6. The Hall–Kier alpha value is -2.53. The monoisotopic (exact) mass is 457 g/mol. The van der Waals surface area contributed by atoms with Crippen LogP contribution in [0.1, 0.15) is 36.8 Å². The van der Waals surface area contributed by atoms with Gasteiger partial charge in [-0.3, -0.25) is 9.78 Å². The standard InChI is InChI=1S/C20H22F3N3O4S/c1-12-7-14(30-11-12)9-15(19(27)26-18-10-24-5-6-25-18)13-3-4-17(31(2,28)29)16(8-13)20(21,22)23/h3-6,8,10,12,14-15H,7,9,11H2,1-2H3,(H,25,26,27)/t12-,14-,15?/m1/s1. The van der Waals surface area contributed by atoms with Crippen LogP contribution in [0.15, 0.2) is 41.7 Å². The summed E-state index contributed by atoms with van der Waals surface area (Å²) in [4.78, 5) is 20.0. The Morgan fingerprint density at radius 1 is 1.32 bits per heavy atom. The van der Waals surface area contributed by atoms with Crippen molar-refractivity contribution in [3.8, 4) is 0 Å². The first-order valence-corrected chi connectivity index (χ1v) is 11.4. The summed E-state index contributed by atoms with van der Waals surface area (Å²) < 4.78 is 70.2. The third-order valence-electron chi connectivity index (χ3n) is 5.02. The van der Waals surface area contributed by atoms with Crippen LogP contribution in [0.4, 0.5) is 19.0 Å². The Morgan fingerprint density at radius 3 is 2.61 bits per heavy atom. The van der Waals surface area contributed by atoms with Crippen molar-refractivity contribution in [3.63, 3.8) is 0 Å². The highest BCUT2D eigenvalue weighted by atomic mass is 32.2. The average molecular weight is 457 g/mol. The van der Waals surface area contributed by atoms with Gasteiger partial charge in [-0.2, -0.15) is 13.2 Å². The number of ether oxygens (including phenoxy) is 1. The Bertz CT molecular complexity index is 1050. The second kappa shape index (κ2) is 8.91. The second-order valence-corrected chi connectivity index (χ2v) is 9.67. The molecule has 2 heterocycles. The highest BCUT2D eigenvalue weighted by molar-refractivity contribution is 7.90. The van der Waals surface area contributed by atoms with Gasteiger partial charge in [-0.1, -0.05) is 13.0 Å². The molecule has 1 aliphatic rings. The number of nitrogens with one attached hydrogen (secondary N) is 1. The van der Waals surface area contributed by atoms with Crippen molar-refractivity contribution in [3.05, 3.63) is 47.9 Å². The molecule has 0 radical (unpaired) electrons. The van der Waals surface area contributed by atoms with E-state index < -0.39 is 38.3 Å². The molecule has 1 aromatic heterocycles. The fourth-order valence-corrected chi connectivity index (χ4v) is 4.48. The van der Waals surface area contributed by atoms with Crippen LogP contribution >= 0.6 is 0 Å². The lowest BCUT2D eigenvalue weighted by molar-refractivity contribution is -0.140. The Labute approximate surface area is 178 Å². The molecular formula is C20H22F3N3O4S. The number of rotatable bonds is 6. The van der Waals surface area contributed by atoms with E-state index in [1.54, 1.807) is 0 Å². The Balaban J connectivity index is 2.00. The molecule has 1 fully saturated rings. The molecule has 0 aliphatic carbocycles. The topological polar surface area (TPSA) is 98.2 Å². The number of carbonyl (C=O) groups excluding carboxylic acids is 1. The molecule has 0 bridgehead atoms. The van der Waals surface area contributed by atoms with E-state index in [0.717, 1.165) is 12.1 Å². The molecule has 3 rings (SSSR count). The smallest absolute Gasteiger partial charge is 0.378 e. The van der Waals surface area contributed by atoms with Crippen molar-refractivity contribution >= 4 is 21.6 Å². The Kier molecular flexibility index (Phi) is 6.65. The maximum Gasteiger partial charge on any atom is 0.417 e. The van der Waals surface area contributed by atoms with Crippen molar-refractivity contribution in [1.82, 2.24) is 9.97 Å². The first-order chi connectivity index (χ1) is 14.4. The van der Waals surface area contributed by atoms with E-state index in [0.29, 0.717) is 19.3 Å². The van der Waals surface area contributed by atoms with E-state index in [1.165, 1.54) is 24.7 Å². The summed E-state index contributed by atoms with van der Waals surface area (Å²) in [5.74, 6) is -1.16. The van der Waals surface area contributed by atoms with E-state index in [9.17, 15) is 26.4 Å². The van der Waals surface area contributed by atoms with Gasteiger partial charge in [0.05, 0.1) is 28.7 Å². The summed E-state index contributed by atoms with van der Waals surface area (Å²) in [6.45, 7) is 2.49. The first-order valence-electron chi connectivity index (χ1n) is 9.55. The molecule has 1 aliphatic heterocycles. The zero-order valence-corrected chi connectivity index (χ0v) is 17.7. The van der Waals surface area contributed by atoms with Crippen molar-refractivity contribution in [2.24, 2.45) is 5.92 Å². The van der Waals surface area contributed by atoms with Gasteiger partial charge in [-0.25, -0.2) is 13.4 Å². The van der Waals surface area contributed by atoms with Crippen LogP contribution in [0.5, 0.6) is 0 Å². The van der Waals surface area contributed by atoms with Gasteiger partial charge in [0, 0.05) is 25.3 Å². The molecule has 3 atom stereocenters. The lowest BCUT2D eigenvalue weighted by Crippen LogP contribution is -2.26. The molecular weight excluding hydrogens is 435 g/mol. The molecule has 31 heavy (non-hydrogen) atoms. The van der Waals surface area contributed by atoms with Crippen LogP contribution in [0.2, 0.25) is 0 Å². The largest absolute Gasteiger partial charge is 0.417 e. The van der Waals surface area contributed by atoms with Crippen molar-refractivity contribution < 1.29 is 31.1 Å². The normalized spacial score (nSPS) is 20.4. The average Bonchev–Trinajstić information content (AvgIpc) is 3.10. The minimum atomic E-state index is -4.90. The molecule has 168 valence electrons. The van der Waals surface area contributed by atoms with E-state index in [4.69, 9.17) is 4.74 Å². The molecule has 1 N–H and O–H groups in total. The number of anilines is 1. The lowest BCUT2D eigenvalue weighted by atomic mass is 9.89. The zero-order valence-electron chi connectivity index (χ0n) is 16.9. The molecule has 0 saturated carbocycles. The van der Waals surface area contributed by atoms with Gasteiger partial charge in [0.1, 0.15) is 0 Å². The number of hydrogen-bond acceptors (Lipinski definition) is 6. The predicted octanol–water partition coefficient (Wildman–Crippen LogP) is 3.44. The number of aromatic nitrogens is 2. The second-order valence-electron chi connectivity index (χ2n) is 7.69. The molecule has 1 amide bonds. The third-order valence-corrected chi connectivity index (χ3v) is 6.18. The van der Waals surface area contributed by atoms with Gasteiger partial charge < -0.3 is 10.1 Å². The number of carbonyl (C=O) groups is 1. The molecule has 2 aromatic rings. The van der Waals surface area contributed by atoms with Gasteiger partial charge >= 0.3 is 6.18 Å². The van der Waals surface area contributed by atoms with Gasteiger partial charge in [0.15, 0.2) is 15.7 Å². The van der Waals surface area contributed by atoms with Crippen LogP contribution in [-0.4, -0.2) is 43.3 Å². The Morgan fingerprint density at radius 2 is 2.06 bits per heavy atom. The number of amides is 1. The van der Waals surface area contributed by atoms with Crippen LogP contribution in [0, 0.1) is 5.92 Å². The van der Waals surface area contributed by atoms with E-state index >= 15 is 0 Å². The minimum Gasteiger partial charge on any atom is -0.378 e. The summed E-state index contributed by atoms with van der Waals surface area (Å²) >= 11 is 0.